The first-order chi connectivity index (χ1) is 10.7. The quantitative estimate of drug-likeness (QED) is 0.738. The fourth-order valence-electron chi connectivity index (χ4n) is 2.30. The van der Waals surface area contributed by atoms with Crippen LogP contribution in [0.4, 0.5) is 8.78 Å². The van der Waals surface area contributed by atoms with Gasteiger partial charge in [-0.2, -0.15) is 5.26 Å². The second kappa shape index (κ2) is 5.78. The van der Waals surface area contributed by atoms with Crippen molar-refractivity contribution in [3.05, 3.63) is 77.6 Å². The third kappa shape index (κ3) is 2.59. The number of rotatable bonds is 3. The summed E-state index contributed by atoms with van der Waals surface area (Å²) in [7, 11) is 0. The Hall–Kier alpha value is -3.00. The van der Waals surface area contributed by atoms with Crippen LogP contribution in [-0.2, 0) is 6.54 Å². The highest BCUT2D eigenvalue weighted by atomic mass is 19.1. The molecule has 0 atom stereocenters. The van der Waals surface area contributed by atoms with Crippen LogP contribution in [0, 0.1) is 23.0 Å². The van der Waals surface area contributed by atoms with Crippen molar-refractivity contribution in [3.63, 3.8) is 0 Å². The highest BCUT2D eigenvalue weighted by Crippen LogP contribution is 2.23. The van der Waals surface area contributed by atoms with Gasteiger partial charge in [-0.15, -0.1) is 0 Å². The summed E-state index contributed by atoms with van der Waals surface area (Å²) < 4.78 is 28.7. The molecule has 0 spiro atoms. The van der Waals surface area contributed by atoms with E-state index in [2.05, 4.69) is 11.1 Å². The predicted octanol–water partition coefficient (Wildman–Crippen LogP) is 3.75. The Bertz CT molecular complexity index is 862. The van der Waals surface area contributed by atoms with Crippen LogP contribution in [0.1, 0.15) is 11.1 Å². The van der Waals surface area contributed by atoms with Crippen molar-refractivity contribution in [1.29, 1.82) is 5.26 Å². The normalized spacial score (nSPS) is 10.4. The van der Waals surface area contributed by atoms with E-state index < -0.39 is 11.6 Å². The average molecular weight is 295 g/mol. The zero-order valence-electron chi connectivity index (χ0n) is 11.5. The Balaban J connectivity index is 2.01. The molecule has 2 aromatic carbocycles. The van der Waals surface area contributed by atoms with Crippen molar-refractivity contribution in [2.75, 3.05) is 0 Å². The Morgan fingerprint density at radius 1 is 1.14 bits per heavy atom. The lowest BCUT2D eigenvalue weighted by molar-refractivity contribution is 0.584. The van der Waals surface area contributed by atoms with Crippen LogP contribution >= 0.6 is 0 Å². The molecule has 3 aromatic rings. The SMILES string of the molecule is N#Cc1ccccc1Cn1ccnc1-c1ccc(F)cc1F. The zero-order valence-corrected chi connectivity index (χ0v) is 11.5. The number of halogens is 2. The molecule has 0 saturated heterocycles. The van der Waals surface area contributed by atoms with E-state index in [9.17, 15) is 8.78 Å². The monoisotopic (exact) mass is 295 g/mol. The second-order valence-corrected chi connectivity index (χ2v) is 4.77. The molecule has 0 fully saturated rings. The molecule has 3 nitrogen and oxygen atoms in total. The Kier molecular flexibility index (Phi) is 3.67. The minimum absolute atomic E-state index is 0.223. The molecule has 0 N–H and O–H groups in total. The van der Waals surface area contributed by atoms with Crippen LogP contribution in [0.15, 0.2) is 54.9 Å². The topological polar surface area (TPSA) is 41.6 Å². The van der Waals surface area contributed by atoms with Gasteiger partial charge in [0.1, 0.15) is 17.5 Å². The second-order valence-electron chi connectivity index (χ2n) is 4.77. The molecule has 1 aromatic heterocycles. The molecule has 5 heteroatoms. The summed E-state index contributed by atoms with van der Waals surface area (Å²) in [6.07, 6.45) is 3.25. The van der Waals surface area contributed by atoms with Gasteiger partial charge in [-0.3, -0.25) is 0 Å². The van der Waals surface area contributed by atoms with E-state index in [0.29, 0.717) is 17.9 Å². The van der Waals surface area contributed by atoms with Crippen molar-refractivity contribution in [3.8, 4) is 17.5 Å². The first-order valence-corrected chi connectivity index (χ1v) is 6.63. The summed E-state index contributed by atoms with van der Waals surface area (Å²) in [5, 5.41) is 9.13. The molecule has 1 heterocycles. The van der Waals surface area contributed by atoms with Gasteiger partial charge in [0.05, 0.1) is 23.7 Å². The highest BCUT2D eigenvalue weighted by Gasteiger charge is 2.13. The van der Waals surface area contributed by atoms with Gasteiger partial charge in [-0.05, 0) is 23.8 Å². The summed E-state index contributed by atoms with van der Waals surface area (Å²) >= 11 is 0. The van der Waals surface area contributed by atoms with Crippen molar-refractivity contribution in [2.24, 2.45) is 0 Å². The summed E-state index contributed by atoms with van der Waals surface area (Å²) in [5.74, 6) is -0.902. The third-order valence-corrected chi connectivity index (χ3v) is 3.37. The Morgan fingerprint density at radius 2 is 1.95 bits per heavy atom. The van der Waals surface area contributed by atoms with Gasteiger partial charge in [0.25, 0.3) is 0 Å². The molecule has 0 saturated carbocycles. The minimum atomic E-state index is -0.666. The van der Waals surface area contributed by atoms with Gasteiger partial charge >= 0.3 is 0 Å². The van der Waals surface area contributed by atoms with Crippen molar-refractivity contribution in [1.82, 2.24) is 9.55 Å². The van der Waals surface area contributed by atoms with Gasteiger partial charge < -0.3 is 4.57 Å². The standard InChI is InChI=1S/C17H11F2N3/c18-14-5-6-15(16(19)9-14)17-21-7-8-22(17)11-13-4-2-1-3-12(13)10-20/h1-9H,11H2. The highest BCUT2D eigenvalue weighted by molar-refractivity contribution is 5.56. The molecule has 3 rings (SSSR count). The maximum absolute atomic E-state index is 13.9. The molecule has 0 radical (unpaired) electrons. The third-order valence-electron chi connectivity index (χ3n) is 3.37. The van der Waals surface area contributed by atoms with Crippen LogP contribution in [0.5, 0.6) is 0 Å². The number of hydrogen-bond donors (Lipinski definition) is 0. The molecule has 0 aliphatic heterocycles. The van der Waals surface area contributed by atoms with Crippen LogP contribution in [0.25, 0.3) is 11.4 Å². The number of hydrogen-bond acceptors (Lipinski definition) is 2. The number of nitrogens with zero attached hydrogens (tertiary/aromatic N) is 3. The molecule has 22 heavy (non-hydrogen) atoms. The Labute approximate surface area is 126 Å². The lowest BCUT2D eigenvalue weighted by Crippen LogP contribution is -2.04. The van der Waals surface area contributed by atoms with Gasteiger partial charge in [0.2, 0.25) is 0 Å². The van der Waals surface area contributed by atoms with Crippen LogP contribution in [-0.4, -0.2) is 9.55 Å². The maximum Gasteiger partial charge on any atom is 0.143 e. The summed E-state index contributed by atoms with van der Waals surface area (Å²) in [6, 6.07) is 12.7. The van der Waals surface area contributed by atoms with Gasteiger partial charge in [-0.25, -0.2) is 13.8 Å². The molecule has 0 amide bonds. The van der Waals surface area contributed by atoms with E-state index in [1.54, 1.807) is 29.1 Å². The Morgan fingerprint density at radius 3 is 2.73 bits per heavy atom. The smallest absolute Gasteiger partial charge is 0.143 e. The maximum atomic E-state index is 13.9. The van der Waals surface area contributed by atoms with E-state index in [4.69, 9.17) is 5.26 Å². The van der Waals surface area contributed by atoms with Crippen molar-refractivity contribution in [2.45, 2.75) is 6.54 Å². The van der Waals surface area contributed by atoms with E-state index in [1.807, 2.05) is 12.1 Å². The van der Waals surface area contributed by atoms with Crippen molar-refractivity contribution < 1.29 is 8.78 Å². The van der Waals surface area contributed by atoms with E-state index in [-0.39, 0.29) is 5.56 Å². The fourth-order valence-corrected chi connectivity index (χ4v) is 2.30. The lowest BCUT2D eigenvalue weighted by atomic mass is 10.1. The number of nitriles is 1. The first kappa shape index (κ1) is 14.0. The number of benzene rings is 2. The summed E-state index contributed by atoms with van der Waals surface area (Å²) in [6.45, 7) is 0.385. The number of imidazole rings is 1. The van der Waals surface area contributed by atoms with Gasteiger partial charge in [0, 0.05) is 18.5 Å². The lowest BCUT2D eigenvalue weighted by Gasteiger charge is -2.10. The van der Waals surface area contributed by atoms with Crippen molar-refractivity contribution >= 4 is 0 Å². The first-order valence-electron chi connectivity index (χ1n) is 6.63. The average Bonchev–Trinajstić information content (AvgIpc) is 2.96. The van der Waals surface area contributed by atoms with Gasteiger partial charge in [0.15, 0.2) is 0 Å². The summed E-state index contributed by atoms with van der Waals surface area (Å²) in [5.41, 5.74) is 1.59. The number of aromatic nitrogens is 2. The van der Waals surface area contributed by atoms with Gasteiger partial charge in [-0.1, -0.05) is 18.2 Å². The predicted molar refractivity (Wildman–Crippen MR) is 77.8 cm³/mol. The molecule has 0 bridgehead atoms. The largest absolute Gasteiger partial charge is 0.326 e. The molecular formula is C17H11F2N3. The van der Waals surface area contributed by atoms with E-state index >= 15 is 0 Å². The minimum Gasteiger partial charge on any atom is -0.326 e. The van der Waals surface area contributed by atoms with Crippen LogP contribution in [0.2, 0.25) is 0 Å². The molecular weight excluding hydrogens is 284 g/mol. The van der Waals surface area contributed by atoms with Crippen LogP contribution < -0.4 is 0 Å². The van der Waals surface area contributed by atoms with E-state index in [0.717, 1.165) is 11.6 Å². The molecule has 0 aliphatic carbocycles. The fraction of sp³-hybridized carbons (Fsp3) is 0.0588. The van der Waals surface area contributed by atoms with Crippen LogP contribution in [0.3, 0.4) is 0 Å². The van der Waals surface area contributed by atoms with E-state index in [1.165, 1.54) is 12.1 Å². The molecule has 108 valence electrons. The molecule has 0 aliphatic rings. The summed E-state index contributed by atoms with van der Waals surface area (Å²) in [4.78, 5) is 4.15. The molecule has 0 unspecified atom stereocenters. The zero-order chi connectivity index (χ0) is 15.5.